The topological polar surface area (TPSA) is 31.6 Å². The highest BCUT2D eigenvalue weighted by Crippen LogP contribution is 2.20. The van der Waals surface area contributed by atoms with Gasteiger partial charge in [0.25, 0.3) is 0 Å². The van der Waals surface area contributed by atoms with Crippen molar-refractivity contribution in [3.8, 4) is 0 Å². The van der Waals surface area contributed by atoms with Gasteiger partial charge in [0.2, 0.25) is 0 Å². The third-order valence-electron chi connectivity index (χ3n) is 4.24. The molecule has 0 radical (unpaired) electrons. The van der Waals surface area contributed by atoms with E-state index in [9.17, 15) is 0 Å². The van der Waals surface area contributed by atoms with Crippen LogP contribution >= 0.6 is 0 Å². The normalized spacial score (nSPS) is 21.4. The van der Waals surface area contributed by atoms with Crippen LogP contribution in [0.1, 0.15) is 37.7 Å². The largest absolute Gasteiger partial charge is 0.463 e. The molecule has 3 rings (SSSR count). The Morgan fingerprint density at radius 3 is 2.50 bits per heavy atom. The van der Waals surface area contributed by atoms with Crippen molar-refractivity contribution < 1.29 is 4.42 Å². The van der Waals surface area contributed by atoms with Crippen LogP contribution < -0.4 is 5.32 Å². The van der Waals surface area contributed by atoms with Crippen LogP contribution in [-0.2, 0) is 13.1 Å². The fourth-order valence-electron chi connectivity index (χ4n) is 2.84. The SMILES string of the molecule is CCCN1CCN(Cc2ccc(CNC3CC3)o2)CC1. The van der Waals surface area contributed by atoms with E-state index < -0.39 is 0 Å². The summed E-state index contributed by atoms with van der Waals surface area (Å²) in [6.45, 7) is 10.1. The van der Waals surface area contributed by atoms with E-state index in [0.29, 0.717) is 0 Å². The quantitative estimate of drug-likeness (QED) is 0.827. The van der Waals surface area contributed by atoms with Gasteiger partial charge < -0.3 is 14.6 Å². The second-order valence-corrected chi connectivity index (χ2v) is 6.14. The summed E-state index contributed by atoms with van der Waals surface area (Å²) in [5.41, 5.74) is 0. The number of hydrogen-bond acceptors (Lipinski definition) is 4. The van der Waals surface area contributed by atoms with Gasteiger partial charge in [-0.3, -0.25) is 4.90 Å². The minimum atomic E-state index is 0.746. The molecule has 1 N–H and O–H groups in total. The third-order valence-corrected chi connectivity index (χ3v) is 4.24. The average Bonchev–Trinajstić information content (AvgIpc) is 3.19. The summed E-state index contributed by atoms with van der Waals surface area (Å²) >= 11 is 0. The zero-order valence-corrected chi connectivity index (χ0v) is 12.6. The van der Waals surface area contributed by atoms with Gasteiger partial charge in [-0.2, -0.15) is 0 Å². The van der Waals surface area contributed by atoms with E-state index in [1.54, 1.807) is 0 Å². The van der Waals surface area contributed by atoms with Gasteiger partial charge in [-0.15, -0.1) is 0 Å². The Labute approximate surface area is 122 Å². The molecule has 1 aliphatic heterocycles. The molecule has 1 saturated carbocycles. The lowest BCUT2D eigenvalue weighted by atomic mass is 10.3. The van der Waals surface area contributed by atoms with Gasteiger partial charge in [0.05, 0.1) is 13.1 Å². The molecule has 0 bridgehead atoms. The molecule has 2 heterocycles. The summed E-state index contributed by atoms with van der Waals surface area (Å²) in [6, 6.07) is 5.01. The van der Waals surface area contributed by atoms with Crippen molar-refractivity contribution in [1.29, 1.82) is 0 Å². The molecule has 1 saturated heterocycles. The average molecular weight is 277 g/mol. The highest BCUT2D eigenvalue weighted by molar-refractivity contribution is 5.07. The van der Waals surface area contributed by atoms with E-state index in [2.05, 4.69) is 34.2 Å². The fraction of sp³-hybridized carbons (Fsp3) is 0.750. The van der Waals surface area contributed by atoms with E-state index >= 15 is 0 Å². The zero-order chi connectivity index (χ0) is 13.8. The number of piperazine rings is 1. The lowest BCUT2D eigenvalue weighted by Crippen LogP contribution is -2.45. The molecule has 4 nitrogen and oxygen atoms in total. The third kappa shape index (κ3) is 4.08. The van der Waals surface area contributed by atoms with Gasteiger partial charge in [0.1, 0.15) is 11.5 Å². The standard InChI is InChI=1S/C16H27N3O/c1-2-7-18-8-10-19(11-9-18)13-16-6-5-15(20-16)12-17-14-3-4-14/h5-6,14,17H,2-4,7-13H2,1H3. The van der Waals surface area contributed by atoms with Crippen LogP contribution in [0.15, 0.2) is 16.5 Å². The van der Waals surface area contributed by atoms with Gasteiger partial charge in [-0.25, -0.2) is 0 Å². The van der Waals surface area contributed by atoms with Crippen molar-refractivity contribution in [2.24, 2.45) is 0 Å². The summed E-state index contributed by atoms with van der Waals surface area (Å²) in [5.74, 6) is 2.19. The molecule has 4 heteroatoms. The molecule has 112 valence electrons. The minimum Gasteiger partial charge on any atom is -0.463 e. The highest BCUT2D eigenvalue weighted by Gasteiger charge is 2.21. The van der Waals surface area contributed by atoms with Crippen LogP contribution in [0.4, 0.5) is 0 Å². The summed E-state index contributed by atoms with van der Waals surface area (Å²) < 4.78 is 5.92. The Balaban J connectivity index is 1.41. The Morgan fingerprint density at radius 1 is 1.10 bits per heavy atom. The second kappa shape index (κ2) is 6.74. The molecule has 1 aromatic rings. The van der Waals surface area contributed by atoms with E-state index in [1.807, 2.05) is 0 Å². The van der Waals surface area contributed by atoms with Gasteiger partial charge >= 0.3 is 0 Å². The van der Waals surface area contributed by atoms with Crippen molar-refractivity contribution in [3.63, 3.8) is 0 Å². The van der Waals surface area contributed by atoms with E-state index in [4.69, 9.17) is 4.42 Å². The smallest absolute Gasteiger partial charge is 0.118 e. The molecule has 0 spiro atoms. The van der Waals surface area contributed by atoms with E-state index in [1.165, 1.54) is 38.9 Å². The number of nitrogens with zero attached hydrogens (tertiary/aromatic N) is 2. The Hall–Kier alpha value is -0.840. The summed E-state index contributed by atoms with van der Waals surface area (Å²) in [7, 11) is 0. The molecule has 0 aromatic carbocycles. The van der Waals surface area contributed by atoms with Crippen LogP contribution in [-0.4, -0.2) is 48.6 Å². The van der Waals surface area contributed by atoms with Crippen LogP contribution in [0, 0.1) is 0 Å². The first-order valence-electron chi connectivity index (χ1n) is 8.09. The second-order valence-electron chi connectivity index (χ2n) is 6.14. The van der Waals surface area contributed by atoms with E-state index in [0.717, 1.165) is 43.7 Å². The van der Waals surface area contributed by atoms with Crippen molar-refractivity contribution >= 4 is 0 Å². The molecule has 2 fully saturated rings. The summed E-state index contributed by atoms with van der Waals surface area (Å²) in [4.78, 5) is 5.06. The highest BCUT2D eigenvalue weighted by atomic mass is 16.3. The lowest BCUT2D eigenvalue weighted by molar-refractivity contribution is 0.120. The first-order chi connectivity index (χ1) is 9.83. The predicted molar refractivity (Wildman–Crippen MR) is 80.6 cm³/mol. The van der Waals surface area contributed by atoms with Gasteiger partial charge in [0.15, 0.2) is 0 Å². The van der Waals surface area contributed by atoms with Gasteiger partial charge in [0, 0.05) is 32.2 Å². The molecule has 2 aliphatic rings. The monoisotopic (exact) mass is 277 g/mol. The van der Waals surface area contributed by atoms with Gasteiger partial charge in [-0.1, -0.05) is 6.92 Å². The van der Waals surface area contributed by atoms with Crippen LogP contribution in [0.5, 0.6) is 0 Å². The molecule has 0 atom stereocenters. The minimum absolute atomic E-state index is 0.746. The molecule has 0 amide bonds. The molecular formula is C16H27N3O. The Kier molecular flexibility index (Phi) is 4.76. The molecule has 1 aromatic heterocycles. The maximum absolute atomic E-state index is 5.92. The van der Waals surface area contributed by atoms with Crippen molar-refractivity contribution in [3.05, 3.63) is 23.7 Å². The summed E-state index contributed by atoms with van der Waals surface area (Å²) in [6.07, 6.45) is 3.92. The van der Waals surface area contributed by atoms with Crippen LogP contribution in [0.25, 0.3) is 0 Å². The first kappa shape index (κ1) is 14.1. The van der Waals surface area contributed by atoms with Crippen LogP contribution in [0.3, 0.4) is 0 Å². The zero-order valence-electron chi connectivity index (χ0n) is 12.6. The number of hydrogen-bond donors (Lipinski definition) is 1. The van der Waals surface area contributed by atoms with E-state index in [-0.39, 0.29) is 0 Å². The van der Waals surface area contributed by atoms with Crippen molar-refractivity contribution in [2.75, 3.05) is 32.7 Å². The van der Waals surface area contributed by atoms with Gasteiger partial charge in [-0.05, 0) is 37.9 Å². The molecule has 0 unspecified atom stereocenters. The Morgan fingerprint density at radius 2 is 1.80 bits per heavy atom. The van der Waals surface area contributed by atoms with Crippen molar-refractivity contribution in [1.82, 2.24) is 15.1 Å². The number of nitrogens with one attached hydrogen (secondary N) is 1. The molecule has 1 aliphatic carbocycles. The number of rotatable bonds is 7. The summed E-state index contributed by atoms with van der Waals surface area (Å²) in [5, 5.41) is 3.50. The fourth-order valence-corrected chi connectivity index (χ4v) is 2.84. The number of furan rings is 1. The molecular weight excluding hydrogens is 250 g/mol. The lowest BCUT2D eigenvalue weighted by Gasteiger charge is -2.33. The van der Waals surface area contributed by atoms with Crippen LogP contribution in [0.2, 0.25) is 0 Å². The first-order valence-corrected chi connectivity index (χ1v) is 8.09. The molecule has 20 heavy (non-hydrogen) atoms. The van der Waals surface area contributed by atoms with Crippen molar-refractivity contribution in [2.45, 2.75) is 45.3 Å². The maximum Gasteiger partial charge on any atom is 0.118 e. The predicted octanol–water partition coefficient (Wildman–Crippen LogP) is 2.06. The Bertz CT molecular complexity index is 406. The maximum atomic E-state index is 5.92.